The van der Waals surface area contributed by atoms with Gasteiger partial charge in [-0.2, -0.15) is 4.98 Å². The molecule has 0 bridgehead atoms. The average Bonchev–Trinajstić information content (AvgIpc) is 3.11. The number of amides is 1. The fraction of sp³-hybridized carbons (Fsp3) is 0.500. The molecule has 0 radical (unpaired) electrons. The maximum absolute atomic E-state index is 12.0. The smallest absolute Gasteiger partial charge is 0.292 e. The molecule has 8 heteroatoms. The van der Waals surface area contributed by atoms with Gasteiger partial charge in [0.2, 0.25) is 5.89 Å². The molecule has 1 aliphatic heterocycles. The Morgan fingerprint density at radius 2 is 2.08 bits per heavy atom. The zero-order chi connectivity index (χ0) is 18.1. The summed E-state index contributed by atoms with van der Waals surface area (Å²) < 4.78 is 16.9. The van der Waals surface area contributed by atoms with Crippen molar-refractivity contribution in [2.75, 3.05) is 12.8 Å². The van der Waals surface area contributed by atoms with Crippen LogP contribution in [0.1, 0.15) is 53.8 Å². The van der Waals surface area contributed by atoms with Gasteiger partial charge >= 0.3 is 0 Å². The molecule has 1 aliphatic carbocycles. The normalized spacial score (nSPS) is 21.7. The molecule has 26 heavy (non-hydrogen) atoms. The van der Waals surface area contributed by atoms with Gasteiger partial charge in [0.05, 0.1) is 6.04 Å². The highest BCUT2D eigenvalue weighted by atomic mass is 32.2. The van der Waals surface area contributed by atoms with E-state index in [1.807, 2.05) is 24.3 Å². The van der Waals surface area contributed by atoms with E-state index in [4.69, 9.17) is 4.52 Å². The minimum atomic E-state index is -0.964. The Hall–Kier alpha value is -2.06. The molecule has 1 aromatic carbocycles. The van der Waals surface area contributed by atoms with E-state index < -0.39 is 10.8 Å². The van der Waals surface area contributed by atoms with Crippen molar-refractivity contribution < 1.29 is 13.5 Å². The Bertz CT molecular complexity index is 816. The SMILES string of the molecule is C[S@@](=O)c1ccc(CN2CCC[C@@H]2c2nc(C(=O)NC3CC3)no2)cc1. The van der Waals surface area contributed by atoms with Crippen LogP contribution in [-0.4, -0.2) is 44.0 Å². The Kier molecular flexibility index (Phi) is 4.86. The first-order valence-corrected chi connectivity index (χ1v) is 10.5. The van der Waals surface area contributed by atoms with Gasteiger partial charge in [-0.05, 0) is 49.9 Å². The lowest BCUT2D eigenvalue weighted by molar-refractivity contribution is 0.0937. The number of hydrogen-bond donors (Lipinski definition) is 1. The molecule has 2 fully saturated rings. The molecular formula is C18H22N4O3S. The molecule has 2 aliphatic rings. The monoisotopic (exact) mass is 374 g/mol. The lowest BCUT2D eigenvalue weighted by atomic mass is 10.2. The van der Waals surface area contributed by atoms with Gasteiger partial charge in [-0.25, -0.2) is 0 Å². The molecule has 1 aromatic heterocycles. The molecule has 1 saturated heterocycles. The van der Waals surface area contributed by atoms with Crippen LogP contribution < -0.4 is 5.32 Å². The molecule has 0 unspecified atom stereocenters. The summed E-state index contributed by atoms with van der Waals surface area (Å²) in [5.74, 6) is 0.374. The fourth-order valence-electron chi connectivity index (χ4n) is 3.26. The zero-order valence-electron chi connectivity index (χ0n) is 14.7. The maximum atomic E-state index is 12.0. The molecule has 0 spiro atoms. The van der Waals surface area contributed by atoms with E-state index >= 15 is 0 Å². The Morgan fingerprint density at radius 3 is 2.77 bits per heavy atom. The number of likely N-dealkylation sites (tertiary alicyclic amines) is 1. The van der Waals surface area contributed by atoms with E-state index in [1.165, 1.54) is 0 Å². The van der Waals surface area contributed by atoms with Crippen molar-refractivity contribution in [1.29, 1.82) is 0 Å². The molecular weight excluding hydrogens is 352 g/mol. The predicted molar refractivity (Wildman–Crippen MR) is 95.9 cm³/mol. The number of nitrogens with zero attached hydrogens (tertiary/aromatic N) is 3. The van der Waals surface area contributed by atoms with Gasteiger partial charge in [-0.3, -0.25) is 13.9 Å². The van der Waals surface area contributed by atoms with E-state index in [0.717, 1.165) is 49.2 Å². The number of aromatic nitrogens is 2. The minimum Gasteiger partial charge on any atom is -0.346 e. The molecule has 2 atom stereocenters. The minimum absolute atomic E-state index is 0.0324. The van der Waals surface area contributed by atoms with Crippen LogP contribution in [0.15, 0.2) is 33.7 Å². The highest BCUT2D eigenvalue weighted by molar-refractivity contribution is 7.84. The third-order valence-electron chi connectivity index (χ3n) is 4.85. The number of rotatable bonds is 6. The second-order valence-electron chi connectivity index (χ2n) is 6.93. The first-order chi connectivity index (χ1) is 12.6. The van der Waals surface area contributed by atoms with Crippen LogP contribution in [0.4, 0.5) is 0 Å². The van der Waals surface area contributed by atoms with Crippen LogP contribution >= 0.6 is 0 Å². The van der Waals surface area contributed by atoms with Gasteiger partial charge in [0, 0.05) is 34.5 Å². The molecule has 2 aromatic rings. The summed E-state index contributed by atoms with van der Waals surface area (Å²) in [6.45, 7) is 1.70. The van der Waals surface area contributed by atoms with E-state index in [0.29, 0.717) is 5.89 Å². The molecule has 7 nitrogen and oxygen atoms in total. The number of hydrogen-bond acceptors (Lipinski definition) is 6. The zero-order valence-corrected chi connectivity index (χ0v) is 15.5. The van der Waals surface area contributed by atoms with Crippen molar-refractivity contribution in [3.8, 4) is 0 Å². The second kappa shape index (κ2) is 7.28. The van der Waals surface area contributed by atoms with E-state index in [1.54, 1.807) is 6.26 Å². The van der Waals surface area contributed by atoms with Crippen LogP contribution in [0, 0.1) is 0 Å². The van der Waals surface area contributed by atoms with E-state index in [-0.39, 0.29) is 23.8 Å². The van der Waals surface area contributed by atoms with Crippen molar-refractivity contribution in [3.05, 3.63) is 41.5 Å². The van der Waals surface area contributed by atoms with Crippen LogP contribution in [0.3, 0.4) is 0 Å². The predicted octanol–water partition coefficient (Wildman–Crippen LogP) is 2.04. The largest absolute Gasteiger partial charge is 0.346 e. The van der Waals surface area contributed by atoms with E-state index in [2.05, 4.69) is 20.4 Å². The molecule has 4 rings (SSSR count). The van der Waals surface area contributed by atoms with E-state index in [9.17, 15) is 9.00 Å². The van der Waals surface area contributed by atoms with Crippen LogP contribution in [0.5, 0.6) is 0 Å². The lowest BCUT2D eigenvalue weighted by Gasteiger charge is -2.21. The Balaban J connectivity index is 1.43. The van der Waals surface area contributed by atoms with Crippen molar-refractivity contribution in [3.63, 3.8) is 0 Å². The van der Waals surface area contributed by atoms with Crippen molar-refractivity contribution in [1.82, 2.24) is 20.4 Å². The topological polar surface area (TPSA) is 88.3 Å². The quantitative estimate of drug-likeness (QED) is 0.832. The summed E-state index contributed by atoms with van der Waals surface area (Å²) in [4.78, 5) is 19.5. The van der Waals surface area contributed by atoms with Gasteiger partial charge < -0.3 is 9.84 Å². The molecule has 1 amide bonds. The summed E-state index contributed by atoms with van der Waals surface area (Å²) in [7, 11) is -0.964. The number of benzene rings is 1. The number of nitrogens with one attached hydrogen (secondary N) is 1. The Labute approximate surface area is 154 Å². The van der Waals surface area contributed by atoms with Crippen molar-refractivity contribution in [2.45, 2.75) is 49.2 Å². The summed E-state index contributed by atoms with van der Waals surface area (Å²) in [5.41, 5.74) is 1.15. The fourth-order valence-corrected chi connectivity index (χ4v) is 3.78. The summed E-state index contributed by atoms with van der Waals surface area (Å²) >= 11 is 0. The van der Waals surface area contributed by atoms with Crippen molar-refractivity contribution in [2.24, 2.45) is 0 Å². The highest BCUT2D eigenvalue weighted by Crippen LogP contribution is 2.32. The second-order valence-corrected chi connectivity index (χ2v) is 8.31. The first kappa shape index (κ1) is 17.4. The third kappa shape index (κ3) is 3.86. The molecule has 1 saturated carbocycles. The molecule has 2 heterocycles. The van der Waals surface area contributed by atoms with Crippen LogP contribution in [0.2, 0.25) is 0 Å². The van der Waals surface area contributed by atoms with Crippen LogP contribution in [0.25, 0.3) is 0 Å². The molecule has 1 N–H and O–H groups in total. The summed E-state index contributed by atoms with van der Waals surface area (Å²) in [5, 5.41) is 6.73. The third-order valence-corrected chi connectivity index (χ3v) is 5.78. The van der Waals surface area contributed by atoms with Gasteiger partial charge in [0.25, 0.3) is 11.7 Å². The van der Waals surface area contributed by atoms with Crippen LogP contribution in [-0.2, 0) is 17.3 Å². The molecule has 138 valence electrons. The summed E-state index contributed by atoms with van der Waals surface area (Å²) in [6, 6.07) is 8.13. The van der Waals surface area contributed by atoms with Gasteiger partial charge in [-0.15, -0.1) is 0 Å². The van der Waals surface area contributed by atoms with Gasteiger partial charge in [0.15, 0.2) is 0 Å². The Morgan fingerprint density at radius 1 is 1.31 bits per heavy atom. The number of carbonyl (C=O) groups is 1. The lowest BCUT2D eigenvalue weighted by Crippen LogP contribution is -2.27. The first-order valence-electron chi connectivity index (χ1n) is 8.91. The highest BCUT2D eigenvalue weighted by Gasteiger charge is 2.32. The van der Waals surface area contributed by atoms with Crippen molar-refractivity contribution >= 4 is 16.7 Å². The number of carbonyl (C=O) groups excluding carboxylic acids is 1. The standard InChI is InChI=1S/C18H22N4O3S/c1-26(24)14-8-4-12(5-9-14)11-22-10-2-3-15(22)18-20-16(21-25-18)17(23)19-13-6-7-13/h4-5,8-9,13,15H,2-3,6-7,10-11H2,1H3,(H,19,23)/t15-,26-/m1/s1. The van der Waals surface area contributed by atoms with Gasteiger partial charge in [0.1, 0.15) is 0 Å². The van der Waals surface area contributed by atoms with Gasteiger partial charge in [-0.1, -0.05) is 17.3 Å². The maximum Gasteiger partial charge on any atom is 0.292 e. The summed E-state index contributed by atoms with van der Waals surface area (Å²) in [6.07, 6.45) is 5.71. The average molecular weight is 374 g/mol.